The van der Waals surface area contributed by atoms with Gasteiger partial charge in [-0.05, 0) is 61.4 Å². The van der Waals surface area contributed by atoms with Crippen LogP contribution in [-0.4, -0.2) is 12.3 Å². The molecule has 0 aliphatic heterocycles. The third-order valence-corrected chi connectivity index (χ3v) is 5.80. The Bertz CT molecular complexity index is 1460. The van der Waals surface area contributed by atoms with Crippen LogP contribution in [0.2, 0.25) is 0 Å². The molecular weight excluding hydrogens is 456 g/mol. The first kappa shape index (κ1) is 22.9. The molecule has 0 spiro atoms. The Morgan fingerprint density at radius 1 is 0.472 bits per heavy atom. The van der Waals surface area contributed by atoms with Gasteiger partial charge >= 0.3 is 12.3 Å². The molecule has 0 amide bonds. The van der Waals surface area contributed by atoms with Gasteiger partial charge in [-0.25, -0.2) is 9.59 Å². The highest BCUT2D eigenvalue weighted by Gasteiger charge is 2.22. The third-order valence-electron chi connectivity index (χ3n) is 5.80. The van der Waals surface area contributed by atoms with E-state index in [9.17, 15) is 9.59 Å². The zero-order valence-electron chi connectivity index (χ0n) is 19.7. The van der Waals surface area contributed by atoms with Crippen LogP contribution in [0.4, 0.5) is 9.59 Å². The normalized spacial score (nSPS) is 10.7. The van der Waals surface area contributed by atoms with Crippen molar-refractivity contribution in [3.8, 4) is 23.0 Å². The molecule has 0 bridgehead atoms. The molecule has 0 N–H and O–H groups in total. The predicted octanol–water partition coefficient (Wildman–Crippen LogP) is 7.77. The first-order chi connectivity index (χ1) is 17.5. The first-order valence-corrected chi connectivity index (χ1v) is 11.3. The fraction of sp³-hybridized carbons (Fsp3) is 0.0667. The quantitative estimate of drug-likeness (QED) is 0.149. The van der Waals surface area contributed by atoms with Crippen LogP contribution >= 0.6 is 0 Å². The maximum atomic E-state index is 12.7. The van der Waals surface area contributed by atoms with Gasteiger partial charge < -0.3 is 18.9 Å². The molecule has 0 aromatic heterocycles. The van der Waals surface area contributed by atoms with Crippen molar-refractivity contribution < 1.29 is 28.5 Å². The van der Waals surface area contributed by atoms with Crippen molar-refractivity contribution in [2.45, 2.75) is 13.8 Å². The van der Waals surface area contributed by atoms with E-state index in [1.807, 2.05) is 50.2 Å². The predicted molar refractivity (Wildman–Crippen MR) is 137 cm³/mol. The Balaban J connectivity index is 1.60. The summed E-state index contributed by atoms with van der Waals surface area (Å²) in [5.74, 6) is 1.36. The zero-order chi connectivity index (χ0) is 25.1. The molecule has 0 saturated heterocycles. The van der Waals surface area contributed by atoms with Gasteiger partial charge in [-0.1, -0.05) is 60.7 Å². The van der Waals surface area contributed by atoms with Gasteiger partial charge in [0, 0.05) is 21.5 Å². The van der Waals surface area contributed by atoms with Gasteiger partial charge in [0.15, 0.2) is 0 Å². The molecule has 0 aliphatic rings. The lowest BCUT2D eigenvalue weighted by Crippen LogP contribution is -2.16. The summed E-state index contributed by atoms with van der Waals surface area (Å²) >= 11 is 0. The Kier molecular flexibility index (Phi) is 6.24. The van der Waals surface area contributed by atoms with E-state index in [4.69, 9.17) is 18.9 Å². The standard InChI is InChI=1S/C30H22O6/c1-19-17-25-26(18-20(19)2)28(36-30(32)34-22-13-7-4-8-14-22)24-16-10-9-15-23(24)27(25)35-29(31)33-21-11-5-3-6-12-21/h3-18H,1-2H3. The minimum Gasteiger partial charge on any atom is -0.395 e. The average molecular weight is 479 g/mol. The van der Waals surface area contributed by atoms with E-state index in [0.29, 0.717) is 44.5 Å². The van der Waals surface area contributed by atoms with Gasteiger partial charge in [-0.2, -0.15) is 0 Å². The van der Waals surface area contributed by atoms with Crippen LogP contribution in [-0.2, 0) is 0 Å². The lowest BCUT2D eigenvalue weighted by atomic mass is 9.96. The van der Waals surface area contributed by atoms with E-state index in [2.05, 4.69) is 0 Å². The molecule has 5 aromatic carbocycles. The lowest BCUT2D eigenvalue weighted by molar-refractivity contribution is 0.151. The monoisotopic (exact) mass is 478 g/mol. The zero-order valence-corrected chi connectivity index (χ0v) is 19.7. The Morgan fingerprint density at radius 3 is 1.22 bits per heavy atom. The number of ether oxygens (including phenoxy) is 4. The van der Waals surface area contributed by atoms with Crippen molar-refractivity contribution in [3.05, 3.63) is 108 Å². The minimum absolute atomic E-state index is 0.313. The van der Waals surface area contributed by atoms with Gasteiger partial charge in [0.25, 0.3) is 0 Å². The summed E-state index contributed by atoms with van der Waals surface area (Å²) in [4.78, 5) is 25.5. The number of benzene rings is 5. The second-order valence-corrected chi connectivity index (χ2v) is 8.22. The maximum Gasteiger partial charge on any atom is 0.519 e. The van der Waals surface area contributed by atoms with Crippen molar-refractivity contribution in [3.63, 3.8) is 0 Å². The molecule has 0 fully saturated rings. The van der Waals surface area contributed by atoms with Crippen LogP contribution in [0, 0.1) is 13.8 Å². The summed E-state index contributed by atoms with van der Waals surface area (Å²) < 4.78 is 22.3. The highest BCUT2D eigenvalue weighted by molar-refractivity contribution is 6.12. The highest BCUT2D eigenvalue weighted by Crippen LogP contribution is 2.44. The number of aryl methyl sites for hydroxylation is 2. The summed E-state index contributed by atoms with van der Waals surface area (Å²) in [5.41, 5.74) is 1.97. The van der Waals surface area contributed by atoms with E-state index in [1.165, 1.54) is 0 Å². The summed E-state index contributed by atoms with van der Waals surface area (Å²) in [7, 11) is 0. The lowest BCUT2D eigenvalue weighted by Gasteiger charge is -2.17. The van der Waals surface area contributed by atoms with Crippen molar-refractivity contribution in [1.29, 1.82) is 0 Å². The average Bonchev–Trinajstić information content (AvgIpc) is 2.88. The number of hydrogen-bond donors (Lipinski definition) is 0. The van der Waals surface area contributed by atoms with E-state index in [0.717, 1.165) is 11.1 Å². The molecule has 178 valence electrons. The molecule has 0 heterocycles. The van der Waals surface area contributed by atoms with Gasteiger partial charge in [0.2, 0.25) is 0 Å². The Hall–Kier alpha value is -4.84. The van der Waals surface area contributed by atoms with Crippen LogP contribution in [0.1, 0.15) is 11.1 Å². The van der Waals surface area contributed by atoms with Gasteiger partial charge in [0.05, 0.1) is 0 Å². The van der Waals surface area contributed by atoms with E-state index in [-0.39, 0.29) is 0 Å². The molecule has 36 heavy (non-hydrogen) atoms. The van der Waals surface area contributed by atoms with Crippen molar-refractivity contribution in [1.82, 2.24) is 0 Å². The smallest absolute Gasteiger partial charge is 0.395 e. The molecule has 0 saturated carbocycles. The maximum absolute atomic E-state index is 12.7. The van der Waals surface area contributed by atoms with Gasteiger partial charge in [0.1, 0.15) is 23.0 Å². The number of rotatable bonds is 4. The van der Waals surface area contributed by atoms with Crippen molar-refractivity contribution >= 4 is 33.9 Å². The van der Waals surface area contributed by atoms with Crippen molar-refractivity contribution in [2.75, 3.05) is 0 Å². The van der Waals surface area contributed by atoms with Crippen LogP contribution < -0.4 is 18.9 Å². The van der Waals surface area contributed by atoms with E-state index >= 15 is 0 Å². The summed E-state index contributed by atoms with van der Waals surface area (Å²) in [5, 5.41) is 2.37. The molecule has 0 unspecified atom stereocenters. The van der Waals surface area contributed by atoms with Crippen LogP contribution in [0.15, 0.2) is 97.1 Å². The molecule has 0 aliphatic carbocycles. The fourth-order valence-corrected chi connectivity index (χ4v) is 3.96. The highest BCUT2D eigenvalue weighted by atomic mass is 16.7. The molecule has 0 radical (unpaired) electrons. The molecule has 5 aromatic rings. The minimum atomic E-state index is -0.872. The summed E-state index contributed by atoms with van der Waals surface area (Å²) in [6.07, 6.45) is -1.74. The van der Waals surface area contributed by atoms with Crippen LogP contribution in [0.5, 0.6) is 23.0 Å². The molecule has 6 nitrogen and oxygen atoms in total. The number of fused-ring (bicyclic) bond motifs is 2. The van der Waals surface area contributed by atoms with Crippen molar-refractivity contribution in [2.24, 2.45) is 0 Å². The van der Waals surface area contributed by atoms with Crippen LogP contribution in [0.25, 0.3) is 21.5 Å². The second-order valence-electron chi connectivity index (χ2n) is 8.22. The van der Waals surface area contributed by atoms with Gasteiger partial charge in [-0.3, -0.25) is 0 Å². The summed E-state index contributed by atoms with van der Waals surface area (Å²) in [6.45, 7) is 3.92. The third kappa shape index (κ3) is 4.70. The number of para-hydroxylation sites is 2. The molecule has 0 atom stereocenters. The fourth-order valence-electron chi connectivity index (χ4n) is 3.96. The van der Waals surface area contributed by atoms with Gasteiger partial charge in [-0.15, -0.1) is 0 Å². The largest absolute Gasteiger partial charge is 0.519 e. The van der Waals surface area contributed by atoms with E-state index < -0.39 is 12.3 Å². The summed E-state index contributed by atoms with van der Waals surface area (Å²) in [6, 6.07) is 28.4. The van der Waals surface area contributed by atoms with Crippen LogP contribution in [0.3, 0.4) is 0 Å². The SMILES string of the molecule is Cc1cc2c(OC(=O)Oc3ccccc3)c3ccccc3c(OC(=O)Oc3ccccc3)c2cc1C. The topological polar surface area (TPSA) is 71.1 Å². The molecule has 5 rings (SSSR count). The first-order valence-electron chi connectivity index (χ1n) is 11.3. The Labute approximate surface area is 207 Å². The molecule has 6 heteroatoms. The molecular formula is C30H22O6. The van der Waals surface area contributed by atoms with E-state index in [1.54, 1.807) is 60.7 Å². The number of carbonyl (C=O) groups is 2. The number of carbonyl (C=O) groups excluding carboxylic acids is 2. The number of hydrogen-bond acceptors (Lipinski definition) is 6. The Morgan fingerprint density at radius 2 is 0.833 bits per heavy atom. The second kappa shape index (κ2) is 9.80.